The third-order valence-corrected chi connectivity index (χ3v) is 6.98. The Morgan fingerprint density at radius 3 is 2.38 bits per heavy atom. The van der Waals surface area contributed by atoms with Crippen molar-refractivity contribution in [3.8, 4) is 10.4 Å². The summed E-state index contributed by atoms with van der Waals surface area (Å²) in [6.07, 6.45) is -4.38. The lowest BCUT2D eigenvalue weighted by Crippen LogP contribution is -2.50. The molecule has 1 aliphatic rings. The van der Waals surface area contributed by atoms with Crippen LogP contribution >= 0.6 is 23.6 Å². The Balaban J connectivity index is 1.44. The molecule has 1 N–H and O–H groups in total. The average molecular weight is 506 g/mol. The molecule has 34 heavy (non-hydrogen) atoms. The van der Waals surface area contributed by atoms with E-state index in [9.17, 15) is 18.0 Å². The zero-order valence-corrected chi connectivity index (χ0v) is 19.9. The summed E-state index contributed by atoms with van der Waals surface area (Å²) in [7, 11) is 1.33. The second-order valence-corrected chi connectivity index (χ2v) is 9.10. The molecule has 5 nitrogen and oxygen atoms in total. The highest BCUT2D eigenvalue weighted by atomic mass is 32.1. The van der Waals surface area contributed by atoms with Gasteiger partial charge in [-0.3, -0.25) is 0 Å². The number of nitrogens with zero attached hydrogens (tertiary/aromatic N) is 2. The molecule has 1 saturated heterocycles. The van der Waals surface area contributed by atoms with Crippen LogP contribution in [0.5, 0.6) is 0 Å². The van der Waals surface area contributed by atoms with Crippen molar-refractivity contribution in [3.05, 3.63) is 71.8 Å². The van der Waals surface area contributed by atoms with Crippen molar-refractivity contribution < 1.29 is 22.7 Å². The number of hydrogen-bond donors (Lipinski definition) is 1. The first kappa shape index (κ1) is 24.0. The van der Waals surface area contributed by atoms with Gasteiger partial charge < -0.3 is 19.9 Å². The molecule has 2 aromatic carbocycles. The molecular weight excluding hydrogens is 483 g/mol. The molecular formula is C24H22F3N3O2S2. The standard InChI is InChI=1S/C24H22F3N3O2S2/c1-32-22(31)19-15-20(16-6-3-2-4-7-16)34-21(19)28-23(33)30-12-10-29(11-13-30)18-9-5-8-17(14-18)24(25,26)27/h2-9,14-15H,10-13H2,1H3,(H,28,33). The number of rotatable bonds is 4. The number of esters is 1. The Morgan fingerprint density at radius 2 is 1.74 bits per heavy atom. The van der Waals surface area contributed by atoms with Gasteiger partial charge in [-0.2, -0.15) is 13.2 Å². The Hall–Kier alpha value is -3.11. The van der Waals surface area contributed by atoms with Crippen LogP contribution in [0.3, 0.4) is 0 Å². The van der Waals surface area contributed by atoms with E-state index in [2.05, 4.69) is 5.32 Å². The zero-order valence-electron chi connectivity index (χ0n) is 18.3. The zero-order chi connectivity index (χ0) is 24.3. The molecule has 1 aromatic heterocycles. The highest BCUT2D eigenvalue weighted by Crippen LogP contribution is 2.36. The van der Waals surface area contributed by atoms with Crippen LogP contribution in [0.1, 0.15) is 15.9 Å². The monoisotopic (exact) mass is 505 g/mol. The fourth-order valence-electron chi connectivity index (χ4n) is 3.71. The van der Waals surface area contributed by atoms with Crippen molar-refractivity contribution in [1.82, 2.24) is 4.90 Å². The van der Waals surface area contributed by atoms with E-state index in [0.29, 0.717) is 47.5 Å². The number of ether oxygens (including phenoxy) is 1. The second-order valence-electron chi connectivity index (χ2n) is 7.66. The Kier molecular flexibility index (Phi) is 7.08. The van der Waals surface area contributed by atoms with Crippen molar-refractivity contribution in [2.75, 3.05) is 43.5 Å². The molecule has 1 fully saturated rings. The molecule has 0 atom stereocenters. The lowest BCUT2D eigenvalue weighted by molar-refractivity contribution is -0.137. The van der Waals surface area contributed by atoms with E-state index in [1.54, 1.807) is 12.1 Å². The molecule has 0 spiro atoms. The first-order valence-electron chi connectivity index (χ1n) is 10.5. The Bertz CT molecular complexity index is 1170. The number of methoxy groups -OCH3 is 1. The number of piperazine rings is 1. The quantitative estimate of drug-likeness (QED) is 0.361. The number of thiocarbonyl (C=S) groups is 1. The summed E-state index contributed by atoms with van der Waals surface area (Å²) >= 11 is 7.00. The van der Waals surface area contributed by atoms with Crippen molar-refractivity contribution >= 4 is 45.3 Å². The van der Waals surface area contributed by atoms with E-state index >= 15 is 0 Å². The first-order valence-corrected chi connectivity index (χ1v) is 11.7. The van der Waals surface area contributed by atoms with Crippen molar-refractivity contribution in [1.29, 1.82) is 0 Å². The smallest absolute Gasteiger partial charge is 0.416 e. The maximum absolute atomic E-state index is 13.1. The van der Waals surface area contributed by atoms with Crippen LogP contribution in [-0.2, 0) is 10.9 Å². The molecule has 10 heteroatoms. The van der Waals surface area contributed by atoms with Gasteiger partial charge in [-0.15, -0.1) is 11.3 Å². The lowest BCUT2D eigenvalue weighted by Gasteiger charge is -2.37. The van der Waals surface area contributed by atoms with Gasteiger partial charge in [-0.25, -0.2) is 4.79 Å². The van der Waals surface area contributed by atoms with Gasteiger partial charge in [0.25, 0.3) is 0 Å². The van der Waals surface area contributed by atoms with E-state index in [4.69, 9.17) is 17.0 Å². The molecule has 1 aliphatic heterocycles. The summed E-state index contributed by atoms with van der Waals surface area (Å²) in [5, 5.41) is 4.22. The highest BCUT2D eigenvalue weighted by molar-refractivity contribution is 7.80. The van der Waals surface area contributed by atoms with E-state index in [0.717, 1.165) is 16.5 Å². The molecule has 2 heterocycles. The van der Waals surface area contributed by atoms with Gasteiger partial charge in [0, 0.05) is 36.7 Å². The lowest BCUT2D eigenvalue weighted by atomic mass is 10.1. The third kappa shape index (κ3) is 5.34. The number of carbonyl (C=O) groups excluding carboxylic acids is 1. The van der Waals surface area contributed by atoms with Crippen LogP contribution in [0, 0.1) is 0 Å². The largest absolute Gasteiger partial charge is 0.465 e. The third-order valence-electron chi connectivity index (χ3n) is 5.52. The molecule has 0 unspecified atom stereocenters. The number of benzene rings is 2. The van der Waals surface area contributed by atoms with Crippen LogP contribution in [0.4, 0.5) is 23.9 Å². The minimum atomic E-state index is -4.38. The van der Waals surface area contributed by atoms with Crippen molar-refractivity contribution in [2.24, 2.45) is 0 Å². The normalized spacial score (nSPS) is 14.1. The maximum atomic E-state index is 13.1. The topological polar surface area (TPSA) is 44.8 Å². The molecule has 0 aliphatic carbocycles. The van der Waals surface area contributed by atoms with Crippen LogP contribution in [-0.4, -0.2) is 49.3 Å². The van der Waals surface area contributed by atoms with Gasteiger partial charge in [0.05, 0.1) is 18.2 Å². The number of halogens is 3. The fourth-order valence-corrected chi connectivity index (χ4v) is 5.11. The van der Waals surface area contributed by atoms with Crippen LogP contribution in [0.2, 0.25) is 0 Å². The SMILES string of the molecule is COC(=O)c1cc(-c2ccccc2)sc1NC(=S)N1CCN(c2cccc(C(F)(F)F)c2)CC1. The molecule has 0 bridgehead atoms. The van der Waals surface area contributed by atoms with E-state index in [-0.39, 0.29) is 0 Å². The van der Waals surface area contributed by atoms with Gasteiger partial charge in [0.1, 0.15) is 5.00 Å². The minimum absolute atomic E-state index is 0.399. The van der Waals surface area contributed by atoms with Crippen LogP contribution < -0.4 is 10.2 Å². The van der Waals surface area contributed by atoms with Crippen LogP contribution in [0.15, 0.2) is 60.7 Å². The van der Waals surface area contributed by atoms with Crippen LogP contribution in [0.25, 0.3) is 10.4 Å². The number of anilines is 2. The predicted octanol–water partition coefficient (Wildman–Crippen LogP) is 5.74. The molecule has 178 valence electrons. The minimum Gasteiger partial charge on any atom is -0.465 e. The van der Waals surface area contributed by atoms with Gasteiger partial charge in [-0.05, 0) is 42.0 Å². The van der Waals surface area contributed by atoms with Gasteiger partial charge in [-0.1, -0.05) is 36.4 Å². The summed E-state index contributed by atoms with van der Waals surface area (Å²) in [5.74, 6) is -0.460. The average Bonchev–Trinajstić information content (AvgIpc) is 3.27. The van der Waals surface area contributed by atoms with Gasteiger partial charge in [0.15, 0.2) is 5.11 Å². The summed E-state index contributed by atoms with van der Waals surface area (Å²) in [6.45, 7) is 2.11. The number of hydrogen-bond acceptors (Lipinski definition) is 5. The first-order chi connectivity index (χ1) is 16.3. The number of thiophene rings is 1. The van der Waals surface area contributed by atoms with E-state index in [1.807, 2.05) is 40.1 Å². The summed E-state index contributed by atoms with van der Waals surface area (Å²) < 4.78 is 44.1. The van der Waals surface area contributed by atoms with Crippen molar-refractivity contribution in [3.63, 3.8) is 0 Å². The molecule has 0 radical (unpaired) electrons. The molecule has 3 aromatic rings. The predicted molar refractivity (Wildman–Crippen MR) is 133 cm³/mol. The van der Waals surface area contributed by atoms with E-state index in [1.165, 1.54) is 30.6 Å². The fraction of sp³-hybridized carbons (Fsp3) is 0.250. The summed E-state index contributed by atoms with van der Waals surface area (Å²) in [5.41, 5.74) is 1.25. The Morgan fingerprint density at radius 1 is 1.03 bits per heavy atom. The van der Waals surface area contributed by atoms with E-state index < -0.39 is 17.7 Å². The summed E-state index contributed by atoms with van der Waals surface area (Å²) in [6, 6.07) is 16.8. The second kappa shape index (κ2) is 10.0. The number of carbonyl (C=O) groups is 1. The summed E-state index contributed by atoms with van der Waals surface area (Å²) in [4.78, 5) is 17.1. The van der Waals surface area contributed by atoms with Crippen molar-refractivity contribution in [2.45, 2.75) is 6.18 Å². The molecule has 0 amide bonds. The molecule has 4 rings (SSSR count). The highest BCUT2D eigenvalue weighted by Gasteiger charge is 2.31. The molecule has 0 saturated carbocycles. The number of alkyl halides is 3. The van der Waals surface area contributed by atoms with Gasteiger partial charge >= 0.3 is 12.1 Å². The Labute approximate surface area is 204 Å². The van der Waals surface area contributed by atoms with Gasteiger partial charge in [0.2, 0.25) is 0 Å². The maximum Gasteiger partial charge on any atom is 0.416 e. The number of nitrogens with one attached hydrogen (secondary N) is 1.